The number of benzene rings is 1. The maximum Gasteiger partial charge on any atom is 0.220 e. The Hall–Kier alpha value is -1.39. The van der Waals surface area contributed by atoms with E-state index in [9.17, 15) is 4.79 Å². The zero-order valence-electron chi connectivity index (χ0n) is 15.4. The molecule has 2 aliphatic rings. The fraction of sp³-hybridized carbons (Fsp3) is 0.667. The summed E-state index contributed by atoms with van der Waals surface area (Å²) >= 11 is 0. The summed E-state index contributed by atoms with van der Waals surface area (Å²) in [4.78, 5) is 14.8. The van der Waals surface area contributed by atoms with Crippen LogP contribution in [-0.2, 0) is 17.8 Å². The molecule has 138 valence electrons. The molecule has 4 nitrogen and oxygen atoms in total. The monoisotopic (exact) mass is 343 g/mol. The van der Waals surface area contributed by atoms with Gasteiger partial charge >= 0.3 is 0 Å². The van der Waals surface area contributed by atoms with E-state index in [1.807, 2.05) is 0 Å². The summed E-state index contributed by atoms with van der Waals surface area (Å²) in [5.74, 6) is 0.191. The standard InChI is InChI=1S/C21H33N3O/c22-17-21(10-4-1-5-11-21)15-20(25)23-12-6-13-24-14-9-18-7-2-3-8-19(18)16-24/h2-3,7-8H,1,4-6,9-17,22H2,(H,23,25). The van der Waals surface area contributed by atoms with E-state index < -0.39 is 0 Å². The van der Waals surface area contributed by atoms with Crippen molar-refractivity contribution in [3.05, 3.63) is 35.4 Å². The quantitative estimate of drug-likeness (QED) is 0.749. The molecule has 1 aliphatic carbocycles. The lowest BCUT2D eigenvalue weighted by Crippen LogP contribution is -2.39. The third-order valence-electron chi connectivity index (χ3n) is 6.07. The van der Waals surface area contributed by atoms with Gasteiger partial charge in [-0.05, 0) is 48.8 Å². The van der Waals surface area contributed by atoms with Gasteiger partial charge in [0.2, 0.25) is 5.91 Å². The van der Waals surface area contributed by atoms with Gasteiger partial charge in [-0.15, -0.1) is 0 Å². The topological polar surface area (TPSA) is 58.4 Å². The van der Waals surface area contributed by atoms with Crippen molar-refractivity contribution < 1.29 is 4.79 Å². The first-order valence-corrected chi connectivity index (χ1v) is 9.97. The van der Waals surface area contributed by atoms with Crippen molar-refractivity contribution in [2.45, 2.75) is 57.9 Å². The molecule has 1 heterocycles. The van der Waals surface area contributed by atoms with Crippen molar-refractivity contribution in [2.24, 2.45) is 11.1 Å². The lowest BCUT2D eigenvalue weighted by atomic mass is 9.71. The van der Waals surface area contributed by atoms with Gasteiger partial charge < -0.3 is 11.1 Å². The number of nitrogens with zero attached hydrogens (tertiary/aromatic N) is 1. The molecule has 1 saturated carbocycles. The van der Waals surface area contributed by atoms with Crippen LogP contribution in [0.25, 0.3) is 0 Å². The number of nitrogens with one attached hydrogen (secondary N) is 1. The molecule has 1 aliphatic heterocycles. The van der Waals surface area contributed by atoms with Crippen molar-refractivity contribution in [1.82, 2.24) is 10.2 Å². The normalized spacial score (nSPS) is 20.0. The van der Waals surface area contributed by atoms with E-state index in [0.717, 1.165) is 51.9 Å². The molecular weight excluding hydrogens is 310 g/mol. The van der Waals surface area contributed by atoms with Crippen LogP contribution in [-0.4, -0.2) is 37.0 Å². The van der Waals surface area contributed by atoms with Crippen LogP contribution in [0.4, 0.5) is 0 Å². The Kier molecular flexibility index (Phi) is 6.49. The Morgan fingerprint density at radius 2 is 1.92 bits per heavy atom. The van der Waals surface area contributed by atoms with E-state index >= 15 is 0 Å². The van der Waals surface area contributed by atoms with E-state index in [1.165, 1.54) is 30.4 Å². The zero-order chi connectivity index (χ0) is 17.5. The maximum atomic E-state index is 12.3. The molecule has 3 N–H and O–H groups in total. The molecule has 0 bridgehead atoms. The molecular formula is C21H33N3O. The first-order valence-electron chi connectivity index (χ1n) is 9.97. The summed E-state index contributed by atoms with van der Waals surface area (Å²) in [6, 6.07) is 8.73. The fourth-order valence-corrected chi connectivity index (χ4v) is 4.43. The second-order valence-electron chi connectivity index (χ2n) is 7.94. The molecule has 3 rings (SSSR count). The Balaban J connectivity index is 1.35. The second-order valence-corrected chi connectivity index (χ2v) is 7.94. The smallest absolute Gasteiger partial charge is 0.220 e. The Labute approximate surface area is 152 Å². The third-order valence-corrected chi connectivity index (χ3v) is 6.07. The summed E-state index contributed by atoms with van der Waals surface area (Å²) in [6.07, 6.45) is 8.74. The molecule has 0 atom stereocenters. The first-order chi connectivity index (χ1) is 12.2. The summed E-state index contributed by atoms with van der Waals surface area (Å²) in [7, 11) is 0. The predicted octanol–water partition coefficient (Wildman–Crippen LogP) is 2.85. The van der Waals surface area contributed by atoms with Crippen molar-refractivity contribution >= 4 is 5.91 Å². The van der Waals surface area contributed by atoms with Crippen LogP contribution in [0, 0.1) is 5.41 Å². The lowest BCUT2D eigenvalue weighted by Gasteiger charge is -2.35. The number of rotatable bonds is 7. The average Bonchev–Trinajstić information content (AvgIpc) is 2.66. The SMILES string of the molecule is NCC1(CC(=O)NCCCN2CCc3ccccc3C2)CCCCC1. The van der Waals surface area contributed by atoms with E-state index in [1.54, 1.807) is 0 Å². The number of fused-ring (bicyclic) bond motifs is 1. The van der Waals surface area contributed by atoms with Gasteiger partial charge in [-0.2, -0.15) is 0 Å². The highest BCUT2D eigenvalue weighted by atomic mass is 16.1. The van der Waals surface area contributed by atoms with Crippen LogP contribution in [0.2, 0.25) is 0 Å². The van der Waals surface area contributed by atoms with Gasteiger partial charge in [0.05, 0.1) is 0 Å². The molecule has 0 spiro atoms. The Morgan fingerprint density at radius 1 is 1.16 bits per heavy atom. The highest BCUT2D eigenvalue weighted by Gasteiger charge is 2.32. The molecule has 1 aromatic rings. The molecule has 4 heteroatoms. The minimum atomic E-state index is 0.0684. The van der Waals surface area contributed by atoms with Crippen LogP contribution < -0.4 is 11.1 Å². The highest BCUT2D eigenvalue weighted by molar-refractivity contribution is 5.76. The van der Waals surface area contributed by atoms with Crippen LogP contribution in [0.3, 0.4) is 0 Å². The minimum absolute atomic E-state index is 0.0684. The molecule has 0 radical (unpaired) electrons. The van der Waals surface area contributed by atoms with Gasteiger partial charge in [0.25, 0.3) is 0 Å². The van der Waals surface area contributed by atoms with E-state index in [4.69, 9.17) is 5.73 Å². The Morgan fingerprint density at radius 3 is 2.68 bits per heavy atom. The molecule has 1 fully saturated rings. The molecule has 0 aromatic heterocycles. The van der Waals surface area contributed by atoms with Gasteiger partial charge in [-0.25, -0.2) is 0 Å². The van der Waals surface area contributed by atoms with Crippen molar-refractivity contribution in [3.8, 4) is 0 Å². The van der Waals surface area contributed by atoms with Crippen molar-refractivity contribution in [3.63, 3.8) is 0 Å². The second kappa shape index (κ2) is 8.81. The highest BCUT2D eigenvalue weighted by Crippen LogP contribution is 2.38. The van der Waals surface area contributed by atoms with Crippen LogP contribution in [0.15, 0.2) is 24.3 Å². The minimum Gasteiger partial charge on any atom is -0.356 e. The van der Waals surface area contributed by atoms with E-state index in [0.29, 0.717) is 13.0 Å². The molecule has 0 unspecified atom stereocenters. The number of carbonyl (C=O) groups is 1. The fourth-order valence-electron chi connectivity index (χ4n) is 4.43. The molecule has 1 aromatic carbocycles. The van der Waals surface area contributed by atoms with Crippen LogP contribution >= 0.6 is 0 Å². The largest absolute Gasteiger partial charge is 0.356 e. The number of amides is 1. The van der Waals surface area contributed by atoms with Gasteiger partial charge in [0, 0.05) is 32.6 Å². The Bertz CT molecular complexity index is 566. The van der Waals surface area contributed by atoms with Crippen molar-refractivity contribution in [1.29, 1.82) is 0 Å². The summed E-state index contributed by atoms with van der Waals surface area (Å²) in [6.45, 7) is 4.64. The maximum absolute atomic E-state index is 12.3. The van der Waals surface area contributed by atoms with Gasteiger partial charge in [-0.1, -0.05) is 43.5 Å². The first kappa shape index (κ1) is 18.4. The summed E-state index contributed by atoms with van der Waals surface area (Å²) < 4.78 is 0. The average molecular weight is 344 g/mol. The van der Waals surface area contributed by atoms with E-state index in [2.05, 4.69) is 34.5 Å². The van der Waals surface area contributed by atoms with E-state index in [-0.39, 0.29) is 11.3 Å². The molecule has 25 heavy (non-hydrogen) atoms. The number of hydrogen-bond donors (Lipinski definition) is 2. The molecule has 1 amide bonds. The van der Waals surface area contributed by atoms with Gasteiger partial charge in [0.1, 0.15) is 0 Å². The van der Waals surface area contributed by atoms with Gasteiger partial charge in [-0.3, -0.25) is 9.69 Å². The zero-order valence-corrected chi connectivity index (χ0v) is 15.4. The predicted molar refractivity (Wildman–Crippen MR) is 102 cm³/mol. The third kappa shape index (κ3) is 5.05. The lowest BCUT2D eigenvalue weighted by molar-refractivity contribution is -0.123. The summed E-state index contributed by atoms with van der Waals surface area (Å²) in [5, 5.41) is 3.13. The van der Waals surface area contributed by atoms with Gasteiger partial charge in [0.15, 0.2) is 0 Å². The number of carbonyl (C=O) groups excluding carboxylic acids is 1. The van der Waals surface area contributed by atoms with Crippen molar-refractivity contribution in [2.75, 3.05) is 26.2 Å². The molecule has 0 saturated heterocycles. The van der Waals surface area contributed by atoms with Crippen LogP contribution in [0.1, 0.15) is 56.1 Å². The number of nitrogens with two attached hydrogens (primary N) is 1. The number of hydrogen-bond acceptors (Lipinski definition) is 3. The summed E-state index contributed by atoms with van der Waals surface area (Å²) in [5.41, 5.74) is 9.01. The van der Waals surface area contributed by atoms with Crippen LogP contribution in [0.5, 0.6) is 0 Å².